The first kappa shape index (κ1) is 12.4. The maximum atomic E-state index is 11.6. The van der Waals surface area contributed by atoms with Crippen molar-refractivity contribution in [3.8, 4) is 0 Å². The van der Waals surface area contributed by atoms with Gasteiger partial charge in [-0.2, -0.15) is 5.21 Å². The molecule has 90 valence electrons. The second kappa shape index (κ2) is 6.77. The lowest BCUT2D eigenvalue weighted by molar-refractivity contribution is -0.122. The number of H-pyrrole nitrogens is 1. The summed E-state index contributed by atoms with van der Waals surface area (Å²) in [6.45, 7) is -0.551. The molecule has 1 heterocycles. The lowest BCUT2D eigenvalue weighted by Crippen LogP contribution is -2.24. The Hall–Kier alpha value is -1.64. The maximum absolute atomic E-state index is 11.6. The van der Waals surface area contributed by atoms with Gasteiger partial charge in [-0.05, 0) is 0 Å². The van der Waals surface area contributed by atoms with Crippen molar-refractivity contribution in [1.82, 2.24) is 25.9 Å². The summed E-state index contributed by atoms with van der Waals surface area (Å²) in [4.78, 5) is 11.1. The molecule has 0 radical (unpaired) electrons. The van der Waals surface area contributed by atoms with Crippen molar-refractivity contribution >= 4 is 5.91 Å². The Bertz CT molecular complexity index is 306. The Morgan fingerprint density at radius 3 is 3.00 bits per heavy atom. The zero-order valence-electron chi connectivity index (χ0n) is 8.32. The van der Waals surface area contributed by atoms with Crippen molar-refractivity contribution in [2.24, 2.45) is 0 Å². The van der Waals surface area contributed by atoms with Crippen molar-refractivity contribution in [2.75, 3.05) is 13.2 Å². The van der Waals surface area contributed by atoms with Gasteiger partial charge in [0.25, 0.3) is 6.43 Å². The van der Waals surface area contributed by atoms with Gasteiger partial charge in [0, 0.05) is 6.42 Å². The molecule has 1 aromatic heterocycles. The number of nitrogens with one attached hydrogen (secondary N) is 2. The molecule has 0 saturated carbocycles. The lowest BCUT2D eigenvalue weighted by Gasteiger charge is -2.03. The molecule has 0 saturated heterocycles. The van der Waals surface area contributed by atoms with Crippen LogP contribution in [-0.2, 0) is 16.1 Å². The standard InChI is InChI=1S/C7H11F2N5O2/c8-5(9)4-16-2-1-7(15)10-3-6-11-13-14-12-6/h5H,1-4H2,(H,10,15)(H,11,12,13,14). The fraction of sp³-hybridized carbons (Fsp3) is 0.714. The number of rotatable bonds is 7. The summed E-state index contributed by atoms with van der Waals surface area (Å²) in [5, 5.41) is 15.2. The van der Waals surface area contributed by atoms with Gasteiger partial charge in [0.15, 0.2) is 5.82 Å². The van der Waals surface area contributed by atoms with E-state index < -0.39 is 13.0 Å². The average Bonchev–Trinajstić information content (AvgIpc) is 2.74. The highest BCUT2D eigenvalue weighted by Crippen LogP contribution is 1.93. The van der Waals surface area contributed by atoms with Crippen LogP contribution in [0.5, 0.6) is 0 Å². The number of aromatic nitrogens is 4. The van der Waals surface area contributed by atoms with Gasteiger partial charge in [-0.15, -0.1) is 10.2 Å². The number of tetrazole rings is 1. The maximum Gasteiger partial charge on any atom is 0.261 e. The lowest BCUT2D eigenvalue weighted by atomic mass is 10.4. The van der Waals surface area contributed by atoms with E-state index in [1.54, 1.807) is 0 Å². The van der Waals surface area contributed by atoms with Crippen LogP contribution in [0.15, 0.2) is 0 Å². The number of hydrogen-bond donors (Lipinski definition) is 2. The van der Waals surface area contributed by atoms with E-state index in [9.17, 15) is 13.6 Å². The number of amides is 1. The van der Waals surface area contributed by atoms with Gasteiger partial charge >= 0.3 is 0 Å². The largest absolute Gasteiger partial charge is 0.375 e. The zero-order valence-corrected chi connectivity index (χ0v) is 8.32. The summed E-state index contributed by atoms with van der Waals surface area (Å²) in [6.07, 6.45) is -2.49. The van der Waals surface area contributed by atoms with E-state index in [2.05, 4.69) is 30.7 Å². The monoisotopic (exact) mass is 235 g/mol. The molecule has 1 rings (SSSR count). The van der Waals surface area contributed by atoms with Gasteiger partial charge in [-0.3, -0.25) is 4.79 Å². The Labute approximate surface area is 89.6 Å². The van der Waals surface area contributed by atoms with Gasteiger partial charge in [-0.1, -0.05) is 5.21 Å². The number of carbonyl (C=O) groups is 1. The summed E-state index contributed by atoms with van der Waals surface area (Å²) < 4.78 is 27.8. The second-order valence-electron chi connectivity index (χ2n) is 2.82. The number of hydrogen-bond acceptors (Lipinski definition) is 5. The van der Waals surface area contributed by atoms with E-state index in [0.29, 0.717) is 5.82 Å². The molecule has 0 aliphatic rings. The fourth-order valence-electron chi connectivity index (χ4n) is 0.861. The van der Waals surface area contributed by atoms with Crippen LogP contribution < -0.4 is 5.32 Å². The first-order valence-corrected chi connectivity index (χ1v) is 4.53. The topological polar surface area (TPSA) is 92.8 Å². The molecule has 2 N–H and O–H groups in total. The Balaban J connectivity index is 2.03. The quantitative estimate of drug-likeness (QED) is 0.621. The predicted molar refractivity (Wildman–Crippen MR) is 47.5 cm³/mol. The number of carbonyl (C=O) groups excluding carboxylic acids is 1. The summed E-state index contributed by atoms with van der Waals surface area (Å²) >= 11 is 0. The van der Waals surface area contributed by atoms with Crippen molar-refractivity contribution in [1.29, 1.82) is 0 Å². The molecule has 16 heavy (non-hydrogen) atoms. The third-order valence-corrected chi connectivity index (χ3v) is 1.55. The van der Waals surface area contributed by atoms with Gasteiger partial charge in [-0.25, -0.2) is 8.78 Å². The smallest absolute Gasteiger partial charge is 0.261 e. The third kappa shape index (κ3) is 5.29. The number of ether oxygens (including phenoxy) is 1. The van der Waals surface area contributed by atoms with Crippen LogP contribution in [0, 0.1) is 0 Å². The molecule has 0 fully saturated rings. The number of halogens is 2. The highest BCUT2D eigenvalue weighted by atomic mass is 19.3. The molecular formula is C7H11F2N5O2. The minimum atomic E-state index is -2.51. The van der Waals surface area contributed by atoms with E-state index in [4.69, 9.17) is 0 Å². The van der Waals surface area contributed by atoms with E-state index in [0.717, 1.165) is 0 Å². The second-order valence-corrected chi connectivity index (χ2v) is 2.82. The predicted octanol–water partition coefficient (Wildman–Crippen LogP) is -0.512. The average molecular weight is 235 g/mol. The molecule has 9 heteroatoms. The van der Waals surface area contributed by atoms with Crippen LogP contribution in [0.25, 0.3) is 0 Å². The van der Waals surface area contributed by atoms with Crippen molar-refractivity contribution in [2.45, 2.75) is 19.4 Å². The van der Waals surface area contributed by atoms with Crippen LogP contribution >= 0.6 is 0 Å². The minimum Gasteiger partial charge on any atom is -0.375 e. The molecule has 7 nitrogen and oxygen atoms in total. The first-order valence-electron chi connectivity index (χ1n) is 4.53. The molecule has 1 aromatic rings. The summed E-state index contributed by atoms with van der Waals surface area (Å²) in [6, 6.07) is 0. The van der Waals surface area contributed by atoms with Crippen LogP contribution in [0.4, 0.5) is 8.78 Å². The molecule has 0 atom stereocenters. The van der Waals surface area contributed by atoms with Crippen LogP contribution in [0.1, 0.15) is 12.2 Å². The van der Waals surface area contributed by atoms with Gasteiger partial charge in [0.2, 0.25) is 5.91 Å². The Kier molecular flexibility index (Phi) is 5.26. The Morgan fingerprint density at radius 1 is 1.56 bits per heavy atom. The van der Waals surface area contributed by atoms with Gasteiger partial charge in [0.1, 0.15) is 6.61 Å². The summed E-state index contributed by atoms with van der Waals surface area (Å²) in [5.41, 5.74) is 0. The van der Waals surface area contributed by atoms with E-state index >= 15 is 0 Å². The molecule has 0 unspecified atom stereocenters. The van der Waals surface area contributed by atoms with Crippen LogP contribution in [0.2, 0.25) is 0 Å². The van der Waals surface area contributed by atoms with Crippen molar-refractivity contribution in [3.05, 3.63) is 5.82 Å². The Morgan fingerprint density at radius 2 is 2.38 bits per heavy atom. The van der Waals surface area contributed by atoms with Crippen molar-refractivity contribution in [3.63, 3.8) is 0 Å². The highest BCUT2D eigenvalue weighted by molar-refractivity contribution is 5.75. The number of aromatic amines is 1. The van der Waals surface area contributed by atoms with Crippen LogP contribution in [0.3, 0.4) is 0 Å². The summed E-state index contributed by atoms with van der Waals surface area (Å²) in [5.74, 6) is 0.0286. The SMILES string of the molecule is O=C(CCOCC(F)F)NCc1nn[nH]n1. The molecule has 0 aliphatic carbocycles. The van der Waals surface area contributed by atoms with Gasteiger partial charge in [0.05, 0.1) is 13.2 Å². The normalized spacial score (nSPS) is 10.7. The summed E-state index contributed by atoms with van der Waals surface area (Å²) in [7, 11) is 0. The minimum absolute atomic E-state index is 0.0184. The first-order chi connectivity index (χ1) is 7.68. The fourth-order valence-corrected chi connectivity index (χ4v) is 0.861. The molecule has 0 aliphatic heterocycles. The third-order valence-electron chi connectivity index (χ3n) is 1.55. The molecular weight excluding hydrogens is 224 g/mol. The van der Waals surface area contributed by atoms with E-state index in [1.165, 1.54) is 0 Å². The van der Waals surface area contributed by atoms with E-state index in [-0.39, 0.29) is 25.5 Å². The van der Waals surface area contributed by atoms with Crippen molar-refractivity contribution < 1.29 is 18.3 Å². The molecule has 1 amide bonds. The number of nitrogens with zero attached hydrogens (tertiary/aromatic N) is 3. The van der Waals surface area contributed by atoms with Crippen LogP contribution in [-0.4, -0.2) is 46.2 Å². The number of alkyl halides is 2. The van der Waals surface area contributed by atoms with E-state index in [1.807, 2.05) is 0 Å². The molecule has 0 spiro atoms. The highest BCUT2D eigenvalue weighted by Gasteiger charge is 2.05. The molecule has 0 aromatic carbocycles. The van der Waals surface area contributed by atoms with Gasteiger partial charge < -0.3 is 10.1 Å². The molecule has 0 bridgehead atoms. The zero-order chi connectivity index (χ0) is 11.8.